The molecular formula is C21H20N2O4. The van der Waals surface area contributed by atoms with Gasteiger partial charge in [0, 0.05) is 23.7 Å². The first-order chi connectivity index (χ1) is 13.2. The fraction of sp³-hybridized carbons (Fsp3) is 0.238. The van der Waals surface area contributed by atoms with Gasteiger partial charge >= 0.3 is 5.97 Å². The second kappa shape index (κ2) is 7.25. The van der Waals surface area contributed by atoms with Gasteiger partial charge in [-0.05, 0) is 34.9 Å². The van der Waals surface area contributed by atoms with E-state index in [1.165, 1.54) is 7.11 Å². The minimum atomic E-state index is -0.375. The standard InChI is InChI=1S/C21H20N2O4/c1-26-21(25)19-10-14(11-22-19)23-20(24)18-7-3-5-16-15(4-2-6-17(16)18)13-8-9-27-12-13/h2-9,12,14,19,22H,10-11H2,1H3,(H,23,24)/t14-,19-/m0/s1. The molecule has 1 amide bonds. The highest BCUT2D eigenvalue weighted by Crippen LogP contribution is 2.30. The number of hydrogen-bond donors (Lipinski definition) is 2. The van der Waals surface area contributed by atoms with Crippen molar-refractivity contribution < 1.29 is 18.7 Å². The molecule has 3 aromatic rings. The first kappa shape index (κ1) is 17.3. The van der Waals surface area contributed by atoms with Gasteiger partial charge in [-0.2, -0.15) is 0 Å². The van der Waals surface area contributed by atoms with Crippen LogP contribution in [0.3, 0.4) is 0 Å². The lowest BCUT2D eigenvalue weighted by Crippen LogP contribution is -2.36. The van der Waals surface area contributed by atoms with Crippen LogP contribution in [-0.2, 0) is 9.53 Å². The van der Waals surface area contributed by atoms with Crippen LogP contribution >= 0.6 is 0 Å². The average molecular weight is 364 g/mol. The van der Waals surface area contributed by atoms with Gasteiger partial charge in [-0.25, -0.2) is 0 Å². The van der Waals surface area contributed by atoms with E-state index in [1.54, 1.807) is 12.5 Å². The molecule has 0 spiro atoms. The highest BCUT2D eigenvalue weighted by molar-refractivity contribution is 6.10. The largest absolute Gasteiger partial charge is 0.472 e. The molecule has 0 unspecified atom stereocenters. The third-order valence-corrected chi connectivity index (χ3v) is 4.95. The Morgan fingerprint density at radius 1 is 1.15 bits per heavy atom. The Bertz CT molecular complexity index is 981. The maximum absolute atomic E-state index is 12.9. The van der Waals surface area contributed by atoms with E-state index in [1.807, 2.05) is 42.5 Å². The summed E-state index contributed by atoms with van der Waals surface area (Å²) in [4.78, 5) is 24.5. The van der Waals surface area contributed by atoms with Gasteiger partial charge in [-0.15, -0.1) is 0 Å². The van der Waals surface area contributed by atoms with Gasteiger partial charge < -0.3 is 19.8 Å². The van der Waals surface area contributed by atoms with Crippen LogP contribution in [0.15, 0.2) is 59.4 Å². The normalized spacial score (nSPS) is 19.1. The molecular weight excluding hydrogens is 344 g/mol. The van der Waals surface area contributed by atoms with Crippen LogP contribution in [0.25, 0.3) is 21.9 Å². The summed E-state index contributed by atoms with van der Waals surface area (Å²) in [6.07, 6.45) is 3.84. The molecule has 27 heavy (non-hydrogen) atoms. The fourth-order valence-electron chi connectivity index (χ4n) is 3.61. The Morgan fingerprint density at radius 3 is 2.74 bits per heavy atom. The summed E-state index contributed by atoms with van der Waals surface area (Å²) in [5.74, 6) is -0.455. The molecule has 6 nitrogen and oxygen atoms in total. The number of benzene rings is 2. The van der Waals surface area contributed by atoms with Crippen LogP contribution < -0.4 is 10.6 Å². The second-order valence-corrected chi connectivity index (χ2v) is 6.61. The molecule has 4 rings (SSSR count). The predicted octanol–water partition coefficient (Wildman–Crippen LogP) is 2.73. The molecule has 0 saturated carbocycles. The van der Waals surface area contributed by atoms with Crippen molar-refractivity contribution in [2.24, 2.45) is 0 Å². The molecule has 1 aliphatic heterocycles. The van der Waals surface area contributed by atoms with Gasteiger partial charge in [0.15, 0.2) is 0 Å². The molecule has 1 aliphatic rings. The Labute approximate surface area is 156 Å². The van der Waals surface area contributed by atoms with Crippen molar-refractivity contribution in [1.29, 1.82) is 0 Å². The van der Waals surface area contributed by atoms with Crippen molar-refractivity contribution in [3.05, 3.63) is 60.6 Å². The SMILES string of the molecule is COC(=O)[C@@H]1C[C@H](NC(=O)c2cccc3c(-c4ccoc4)cccc23)CN1. The molecule has 2 atom stereocenters. The fourth-order valence-corrected chi connectivity index (χ4v) is 3.61. The molecule has 1 saturated heterocycles. The number of carbonyl (C=O) groups excluding carboxylic acids is 2. The minimum Gasteiger partial charge on any atom is -0.472 e. The summed E-state index contributed by atoms with van der Waals surface area (Å²) in [6.45, 7) is 0.538. The zero-order chi connectivity index (χ0) is 18.8. The predicted molar refractivity (Wildman–Crippen MR) is 101 cm³/mol. The zero-order valence-electron chi connectivity index (χ0n) is 14.9. The Hall–Kier alpha value is -3.12. The van der Waals surface area contributed by atoms with Gasteiger partial charge in [0.05, 0.1) is 19.6 Å². The third kappa shape index (κ3) is 3.31. The van der Waals surface area contributed by atoms with E-state index in [2.05, 4.69) is 10.6 Å². The van der Waals surface area contributed by atoms with Gasteiger partial charge in [0.25, 0.3) is 5.91 Å². The van der Waals surface area contributed by atoms with E-state index in [9.17, 15) is 9.59 Å². The zero-order valence-corrected chi connectivity index (χ0v) is 14.9. The molecule has 1 fully saturated rings. The van der Waals surface area contributed by atoms with Crippen LogP contribution in [0.1, 0.15) is 16.8 Å². The van der Waals surface area contributed by atoms with Gasteiger partial charge in [-0.1, -0.05) is 30.3 Å². The summed E-state index contributed by atoms with van der Waals surface area (Å²) < 4.78 is 9.96. The Kier molecular flexibility index (Phi) is 4.64. The van der Waals surface area contributed by atoms with Gasteiger partial charge in [-0.3, -0.25) is 9.59 Å². The quantitative estimate of drug-likeness (QED) is 0.696. The highest BCUT2D eigenvalue weighted by Gasteiger charge is 2.31. The van der Waals surface area contributed by atoms with E-state index < -0.39 is 0 Å². The average Bonchev–Trinajstić information content (AvgIpc) is 3.38. The number of esters is 1. The lowest BCUT2D eigenvalue weighted by Gasteiger charge is -2.14. The van der Waals surface area contributed by atoms with Crippen LogP contribution in [0.4, 0.5) is 0 Å². The molecule has 2 N–H and O–H groups in total. The minimum absolute atomic E-state index is 0.117. The Balaban J connectivity index is 1.60. The summed E-state index contributed by atoms with van der Waals surface area (Å²) in [5.41, 5.74) is 2.60. The van der Waals surface area contributed by atoms with E-state index >= 15 is 0 Å². The van der Waals surface area contributed by atoms with Crippen molar-refractivity contribution in [1.82, 2.24) is 10.6 Å². The number of fused-ring (bicyclic) bond motifs is 1. The van der Waals surface area contributed by atoms with E-state index in [0.717, 1.165) is 21.9 Å². The number of nitrogens with one attached hydrogen (secondary N) is 2. The number of rotatable bonds is 4. The van der Waals surface area contributed by atoms with Gasteiger partial charge in [0.1, 0.15) is 6.04 Å². The topological polar surface area (TPSA) is 80.6 Å². The molecule has 2 aromatic carbocycles. The second-order valence-electron chi connectivity index (χ2n) is 6.61. The van der Waals surface area contributed by atoms with E-state index in [4.69, 9.17) is 9.15 Å². The van der Waals surface area contributed by atoms with Crippen LogP contribution in [-0.4, -0.2) is 37.6 Å². The number of amides is 1. The third-order valence-electron chi connectivity index (χ3n) is 4.95. The molecule has 0 radical (unpaired) electrons. The number of ether oxygens (including phenoxy) is 1. The number of carbonyl (C=O) groups is 2. The van der Waals surface area contributed by atoms with Crippen molar-refractivity contribution in [3.8, 4) is 11.1 Å². The molecule has 138 valence electrons. The molecule has 0 bridgehead atoms. The number of methoxy groups -OCH3 is 1. The molecule has 6 heteroatoms. The number of furan rings is 1. The van der Waals surface area contributed by atoms with Crippen LogP contribution in [0, 0.1) is 0 Å². The lowest BCUT2D eigenvalue weighted by molar-refractivity contribution is -0.142. The Morgan fingerprint density at radius 2 is 1.96 bits per heavy atom. The first-order valence-corrected chi connectivity index (χ1v) is 8.84. The summed E-state index contributed by atoms with van der Waals surface area (Å²) >= 11 is 0. The summed E-state index contributed by atoms with van der Waals surface area (Å²) in [5, 5.41) is 7.97. The van der Waals surface area contributed by atoms with Crippen molar-refractivity contribution >= 4 is 22.6 Å². The molecule has 2 heterocycles. The summed E-state index contributed by atoms with van der Waals surface area (Å²) in [7, 11) is 1.36. The molecule has 1 aromatic heterocycles. The lowest BCUT2D eigenvalue weighted by atomic mass is 9.96. The van der Waals surface area contributed by atoms with Crippen LogP contribution in [0.5, 0.6) is 0 Å². The summed E-state index contributed by atoms with van der Waals surface area (Å²) in [6, 6.07) is 13.0. The van der Waals surface area contributed by atoms with Gasteiger partial charge in [0.2, 0.25) is 0 Å². The highest BCUT2D eigenvalue weighted by atomic mass is 16.5. The monoisotopic (exact) mass is 364 g/mol. The number of hydrogen-bond acceptors (Lipinski definition) is 5. The maximum atomic E-state index is 12.9. The van der Waals surface area contributed by atoms with Crippen molar-refractivity contribution in [2.45, 2.75) is 18.5 Å². The van der Waals surface area contributed by atoms with Crippen LogP contribution in [0.2, 0.25) is 0 Å². The van der Waals surface area contributed by atoms with E-state index in [-0.39, 0.29) is 24.0 Å². The smallest absolute Gasteiger partial charge is 0.322 e. The van der Waals surface area contributed by atoms with Crippen molar-refractivity contribution in [2.75, 3.05) is 13.7 Å². The maximum Gasteiger partial charge on any atom is 0.322 e. The van der Waals surface area contributed by atoms with E-state index in [0.29, 0.717) is 18.5 Å². The first-order valence-electron chi connectivity index (χ1n) is 8.84. The van der Waals surface area contributed by atoms with Crippen molar-refractivity contribution in [3.63, 3.8) is 0 Å². The molecule has 0 aliphatic carbocycles.